The summed E-state index contributed by atoms with van der Waals surface area (Å²) in [5.74, 6) is 0.0128. The van der Waals surface area contributed by atoms with E-state index in [0.29, 0.717) is 36.2 Å². The van der Waals surface area contributed by atoms with E-state index in [2.05, 4.69) is 14.6 Å². The van der Waals surface area contributed by atoms with Crippen LogP contribution in [0.2, 0.25) is 0 Å². The Morgan fingerprint density at radius 1 is 1.19 bits per heavy atom. The maximum atomic E-state index is 13.1. The van der Waals surface area contributed by atoms with Gasteiger partial charge < -0.3 is 9.47 Å². The zero-order chi connectivity index (χ0) is 22.2. The Kier molecular flexibility index (Phi) is 5.60. The number of likely N-dealkylation sites (tertiary alicyclic amines) is 1. The van der Waals surface area contributed by atoms with Crippen LogP contribution in [0.3, 0.4) is 0 Å². The van der Waals surface area contributed by atoms with Crippen molar-refractivity contribution < 1.29 is 18.0 Å². The molecule has 0 bridgehead atoms. The molecule has 1 aromatic carbocycles. The van der Waals surface area contributed by atoms with E-state index < -0.39 is 11.7 Å². The molecule has 1 fully saturated rings. The van der Waals surface area contributed by atoms with Crippen molar-refractivity contribution in [3.8, 4) is 5.69 Å². The number of carbonyl (C=O) groups is 1. The van der Waals surface area contributed by atoms with Gasteiger partial charge in [0.15, 0.2) is 0 Å². The van der Waals surface area contributed by atoms with E-state index in [0.717, 1.165) is 30.5 Å². The molecule has 1 aliphatic heterocycles. The van der Waals surface area contributed by atoms with Gasteiger partial charge in [-0.05, 0) is 44.9 Å². The summed E-state index contributed by atoms with van der Waals surface area (Å²) in [4.78, 5) is 18.9. The quantitative estimate of drug-likeness (QED) is 0.625. The Balaban J connectivity index is 1.48. The molecule has 31 heavy (non-hydrogen) atoms. The minimum Gasteiger partial charge on any atom is -0.342 e. The molecule has 0 aliphatic carbocycles. The van der Waals surface area contributed by atoms with E-state index >= 15 is 0 Å². The summed E-state index contributed by atoms with van der Waals surface area (Å²) in [7, 11) is 0. The lowest BCUT2D eigenvalue weighted by molar-refractivity contribution is -0.137. The third kappa shape index (κ3) is 4.35. The summed E-state index contributed by atoms with van der Waals surface area (Å²) in [5, 5.41) is 4.42. The first kappa shape index (κ1) is 21.1. The highest BCUT2D eigenvalue weighted by Crippen LogP contribution is 2.31. The third-order valence-corrected chi connectivity index (χ3v) is 5.95. The van der Waals surface area contributed by atoms with Crippen LogP contribution in [-0.4, -0.2) is 43.2 Å². The van der Waals surface area contributed by atoms with Gasteiger partial charge in [0, 0.05) is 42.8 Å². The number of hydrogen-bond acceptors (Lipinski definition) is 3. The monoisotopic (exact) mass is 431 g/mol. The maximum Gasteiger partial charge on any atom is 0.416 e. The molecule has 0 radical (unpaired) electrons. The zero-order valence-electron chi connectivity index (χ0n) is 17.4. The topological polar surface area (TPSA) is 56.0 Å². The summed E-state index contributed by atoms with van der Waals surface area (Å²) >= 11 is 0. The SMILES string of the molecule is Cc1nn(-c2cccc(C(F)(F)F)c2)c(C)c1CC(=O)N1CCC(n2ccnc2)CC1. The molecule has 1 amide bonds. The van der Waals surface area contributed by atoms with Crippen molar-refractivity contribution in [3.05, 3.63) is 65.5 Å². The summed E-state index contributed by atoms with van der Waals surface area (Å²) in [5.41, 5.74) is 1.69. The molecule has 9 heteroatoms. The molecule has 6 nitrogen and oxygen atoms in total. The van der Waals surface area contributed by atoms with Crippen LogP contribution in [0.15, 0.2) is 43.0 Å². The predicted molar refractivity (Wildman–Crippen MR) is 109 cm³/mol. The van der Waals surface area contributed by atoms with Crippen LogP contribution in [0.5, 0.6) is 0 Å². The van der Waals surface area contributed by atoms with Crippen LogP contribution in [0.25, 0.3) is 5.69 Å². The Morgan fingerprint density at radius 3 is 2.58 bits per heavy atom. The zero-order valence-corrected chi connectivity index (χ0v) is 17.4. The number of hydrogen-bond donors (Lipinski definition) is 0. The van der Waals surface area contributed by atoms with Crippen LogP contribution in [0.4, 0.5) is 13.2 Å². The van der Waals surface area contributed by atoms with Crippen molar-refractivity contribution in [1.82, 2.24) is 24.2 Å². The molecule has 0 atom stereocenters. The number of carbonyl (C=O) groups excluding carboxylic acids is 1. The molecule has 1 aliphatic rings. The molecule has 3 heterocycles. The van der Waals surface area contributed by atoms with Gasteiger partial charge in [-0.25, -0.2) is 9.67 Å². The minimum absolute atomic E-state index is 0.0128. The van der Waals surface area contributed by atoms with Crippen molar-refractivity contribution in [2.24, 2.45) is 0 Å². The standard InChI is InChI=1S/C22H24F3N5O/c1-15-20(13-21(31)28-9-6-18(7-10-28)29-11-8-26-14-29)16(2)30(27-15)19-5-3-4-17(12-19)22(23,24)25/h3-5,8,11-12,14,18H,6-7,9-10,13H2,1-2H3. The highest BCUT2D eigenvalue weighted by atomic mass is 19.4. The number of imidazole rings is 1. The second-order valence-corrected chi connectivity index (χ2v) is 7.91. The average molecular weight is 431 g/mol. The summed E-state index contributed by atoms with van der Waals surface area (Å²) in [6, 6.07) is 5.41. The highest BCUT2D eigenvalue weighted by molar-refractivity contribution is 5.79. The largest absolute Gasteiger partial charge is 0.416 e. The lowest BCUT2D eigenvalue weighted by Crippen LogP contribution is -2.39. The normalized spacial score (nSPS) is 15.5. The number of alkyl halides is 3. The number of aromatic nitrogens is 4. The van der Waals surface area contributed by atoms with Gasteiger partial charge in [0.05, 0.1) is 29.7 Å². The fraction of sp³-hybridized carbons (Fsp3) is 0.409. The first-order valence-electron chi connectivity index (χ1n) is 10.2. The second kappa shape index (κ2) is 8.20. The maximum absolute atomic E-state index is 13.1. The number of nitrogens with zero attached hydrogens (tertiary/aromatic N) is 5. The van der Waals surface area contributed by atoms with E-state index in [1.165, 1.54) is 10.7 Å². The number of piperidine rings is 1. The predicted octanol–water partition coefficient (Wildman–Crippen LogP) is 4.11. The van der Waals surface area contributed by atoms with Crippen molar-refractivity contribution in [2.45, 2.75) is 45.3 Å². The van der Waals surface area contributed by atoms with Gasteiger partial charge in [0.25, 0.3) is 0 Å². The number of aryl methyl sites for hydroxylation is 1. The Hall–Kier alpha value is -3.10. The second-order valence-electron chi connectivity index (χ2n) is 7.91. The summed E-state index contributed by atoms with van der Waals surface area (Å²) < 4.78 is 42.8. The van der Waals surface area contributed by atoms with Crippen LogP contribution in [0.1, 0.15) is 41.4 Å². The first-order valence-corrected chi connectivity index (χ1v) is 10.2. The van der Waals surface area contributed by atoms with Crippen LogP contribution in [-0.2, 0) is 17.4 Å². The molecule has 0 unspecified atom stereocenters. The lowest BCUT2D eigenvalue weighted by Gasteiger charge is -2.32. The molecule has 3 aromatic rings. The molecule has 1 saturated heterocycles. The van der Waals surface area contributed by atoms with E-state index in [9.17, 15) is 18.0 Å². The molecule has 0 saturated carbocycles. The fourth-order valence-electron chi connectivity index (χ4n) is 4.16. The number of benzene rings is 1. The van der Waals surface area contributed by atoms with E-state index in [4.69, 9.17) is 0 Å². The third-order valence-electron chi connectivity index (χ3n) is 5.95. The molecule has 0 spiro atoms. The van der Waals surface area contributed by atoms with Gasteiger partial charge in [-0.1, -0.05) is 6.07 Å². The van der Waals surface area contributed by atoms with E-state index in [1.807, 2.05) is 11.1 Å². The Morgan fingerprint density at radius 2 is 1.94 bits per heavy atom. The van der Waals surface area contributed by atoms with Crippen molar-refractivity contribution in [3.63, 3.8) is 0 Å². The van der Waals surface area contributed by atoms with Gasteiger partial charge in [0.1, 0.15) is 0 Å². The average Bonchev–Trinajstić information content (AvgIpc) is 3.38. The van der Waals surface area contributed by atoms with Crippen molar-refractivity contribution in [2.75, 3.05) is 13.1 Å². The Bertz CT molecular complexity index is 1060. The van der Waals surface area contributed by atoms with Gasteiger partial charge in [-0.15, -0.1) is 0 Å². The number of amides is 1. The minimum atomic E-state index is -4.42. The van der Waals surface area contributed by atoms with Gasteiger partial charge in [-0.3, -0.25) is 4.79 Å². The lowest BCUT2D eigenvalue weighted by atomic mass is 10.0. The van der Waals surface area contributed by atoms with Gasteiger partial charge >= 0.3 is 6.18 Å². The van der Waals surface area contributed by atoms with Crippen molar-refractivity contribution in [1.29, 1.82) is 0 Å². The number of rotatable bonds is 4. The van der Waals surface area contributed by atoms with Gasteiger partial charge in [-0.2, -0.15) is 18.3 Å². The molecule has 4 rings (SSSR count). The van der Waals surface area contributed by atoms with Crippen LogP contribution < -0.4 is 0 Å². The molecule has 2 aromatic heterocycles. The molecular weight excluding hydrogens is 407 g/mol. The summed E-state index contributed by atoms with van der Waals surface area (Å²) in [6.07, 6.45) is 2.99. The molecular formula is C22H24F3N5O. The summed E-state index contributed by atoms with van der Waals surface area (Å²) in [6.45, 7) is 4.90. The molecule has 164 valence electrons. The highest BCUT2D eigenvalue weighted by Gasteiger charge is 2.31. The van der Waals surface area contributed by atoms with Gasteiger partial charge in [0.2, 0.25) is 5.91 Å². The number of halogens is 3. The van der Waals surface area contributed by atoms with Crippen LogP contribution in [0, 0.1) is 13.8 Å². The van der Waals surface area contributed by atoms with Crippen molar-refractivity contribution >= 4 is 5.91 Å². The van der Waals surface area contributed by atoms with Crippen LogP contribution >= 0.6 is 0 Å². The smallest absolute Gasteiger partial charge is 0.342 e. The molecule has 0 N–H and O–H groups in total. The fourth-order valence-corrected chi connectivity index (χ4v) is 4.16. The van der Waals surface area contributed by atoms with E-state index in [1.54, 1.807) is 32.4 Å². The first-order chi connectivity index (χ1) is 14.7. The Labute approximate surface area is 178 Å². The van der Waals surface area contributed by atoms with E-state index in [-0.39, 0.29) is 12.3 Å².